The molecule has 0 aromatic carbocycles. The van der Waals surface area contributed by atoms with Crippen molar-refractivity contribution in [2.75, 3.05) is 0 Å². The van der Waals surface area contributed by atoms with Crippen LogP contribution in [0, 0.1) is 5.92 Å². The molecule has 1 rings (SSSR count). The van der Waals surface area contributed by atoms with Crippen LogP contribution < -0.4 is 5.32 Å². The van der Waals surface area contributed by atoms with Crippen molar-refractivity contribution < 1.29 is 14.7 Å². The average Bonchev–Trinajstić information content (AvgIpc) is 2.18. The molecule has 4 nitrogen and oxygen atoms in total. The number of rotatable bonds is 4. The van der Waals surface area contributed by atoms with Crippen molar-refractivity contribution in [2.24, 2.45) is 5.92 Å². The Bertz CT molecular complexity index is 240. The summed E-state index contributed by atoms with van der Waals surface area (Å²) in [5.41, 5.74) is 0. The van der Waals surface area contributed by atoms with Gasteiger partial charge in [-0.1, -0.05) is 19.8 Å². The number of carbonyl (C=O) groups is 2. The van der Waals surface area contributed by atoms with Gasteiger partial charge in [0.15, 0.2) is 0 Å². The summed E-state index contributed by atoms with van der Waals surface area (Å²) < 4.78 is 0. The Balaban J connectivity index is 2.49. The molecule has 1 saturated carbocycles. The highest BCUT2D eigenvalue weighted by atomic mass is 16.4. The maximum Gasteiger partial charge on any atom is 0.308 e. The van der Waals surface area contributed by atoms with E-state index in [4.69, 9.17) is 5.11 Å². The third-order valence-electron chi connectivity index (χ3n) is 2.91. The highest BCUT2D eigenvalue weighted by molar-refractivity contribution is 5.78. The first kappa shape index (κ1) is 12.0. The molecular weight excluding hydrogens is 194 g/mol. The van der Waals surface area contributed by atoms with E-state index in [0.29, 0.717) is 12.8 Å². The molecule has 1 aliphatic rings. The molecule has 0 aliphatic heterocycles. The number of carbonyl (C=O) groups excluding carboxylic acids is 1. The standard InChI is InChI=1S/C11H19NO3/c1-2-5-10(13)12-9-7-4-3-6-8(9)11(14)15/h8-9H,2-7H2,1H3,(H,12,13)(H,14,15). The average molecular weight is 213 g/mol. The first-order valence-corrected chi connectivity index (χ1v) is 5.67. The number of hydrogen-bond donors (Lipinski definition) is 2. The summed E-state index contributed by atoms with van der Waals surface area (Å²) >= 11 is 0. The Kier molecular flexibility index (Phi) is 4.59. The minimum atomic E-state index is -0.781. The van der Waals surface area contributed by atoms with Crippen LogP contribution in [0.25, 0.3) is 0 Å². The second-order valence-electron chi connectivity index (χ2n) is 4.15. The zero-order valence-corrected chi connectivity index (χ0v) is 9.16. The summed E-state index contributed by atoms with van der Waals surface area (Å²) in [7, 11) is 0. The highest BCUT2D eigenvalue weighted by Crippen LogP contribution is 2.24. The second-order valence-corrected chi connectivity index (χ2v) is 4.15. The van der Waals surface area contributed by atoms with Gasteiger partial charge in [0.25, 0.3) is 0 Å². The van der Waals surface area contributed by atoms with Gasteiger partial charge in [-0.25, -0.2) is 0 Å². The molecule has 1 aliphatic carbocycles. The van der Waals surface area contributed by atoms with E-state index in [1.807, 2.05) is 6.92 Å². The van der Waals surface area contributed by atoms with Crippen LogP contribution in [0.5, 0.6) is 0 Å². The molecule has 86 valence electrons. The summed E-state index contributed by atoms with van der Waals surface area (Å²) in [5.74, 6) is -1.19. The van der Waals surface area contributed by atoms with Crippen molar-refractivity contribution in [3.8, 4) is 0 Å². The lowest BCUT2D eigenvalue weighted by Crippen LogP contribution is -2.44. The van der Waals surface area contributed by atoms with E-state index in [1.165, 1.54) is 0 Å². The van der Waals surface area contributed by atoms with Crippen molar-refractivity contribution >= 4 is 11.9 Å². The SMILES string of the molecule is CCCC(=O)NC1CCCCC1C(=O)O. The van der Waals surface area contributed by atoms with Gasteiger partial charge in [-0.2, -0.15) is 0 Å². The van der Waals surface area contributed by atoms with E-state index in [9.17, 15) is 9.59 Å². The molecule has 15 heavy (non-hydrogen) atoms. The fraction of sp³-hybridized carbons (Fsp3) is 0.818. The number of carboxylic acids is 1. The van der Waals surface area contributed by atoms with E-state index < -0.39 is 5.97 Å². The zero-order chi connectivity index (χ0) is 11.3. The Morgan fingerprint density at radius 1 is 1.33 bits per heavy atom. The van der Waals surface area contributed by atoms with Crippen LogP contribution in [0.3, 0.4) is 0 Å². The van der Waals surface area contributed by atoms with Gasteiger partial charge in [-0.3, -0.25) is 9.59 Å². The first-order valence-electron chi connectivity index (χ1n) is 5.67. The number of carboxylic acid groups (broad SMARTS) is 1. The van der Waals surface area contributed by atoms with E-state index in [2.05, 4.69) is 5.32 Å². The number of aliphatic carboxylic acids is 1. The molecule has 0 spiro atoms. The number of nitrogens with one attached hydrogen (secondary N) is 1. The Morgan fingerprint density at radius 3 is 2.60 bits per heavy atom. The van der Waals surface area contributed by atoms with Gasteiger partial charge in [-0.15, -0.1) is 0 Å². The van der Waals surface area contributed by atoms with Gasteiger partial charge in [-0.05, 0) is 19.3 Å². The summed E-state index contributed by atoms with van der Waals surface area (Å²) in [4.78, 5) is 22.3. The van der Waals surface area contributed by atoms with Crippen molar-refractivity contribution in [3.63, 3.8) is 0 Å². The van der Waals surface area contributed by atoms with Gasteiger partial charge in [0.2, 0.25) is 5.91 Å². The van der Waals surface area contributed by atoms with Crippen molar-refractivity contribution in [2.45, 2.75) is 51.5 Å². The monoisotopic (exact) mass is 213 g/mol. The third-order valence-corrected chi connectivity index (χ3v) is 2.91. The fourth-order valence-corrected chi connectivity index (χ4v) is 2.11. The highest BCUT2D eigenvalue weighted by Gasteiger charge is 2.31. The molecule has 0 aromatic heterocycles. The van der Waals surface area contributed by atoms with Crippen molar-refractivity contribution in [1.82, 2.24) is 5.32 Å². The Morgan fingerprint density at radius 2 is 2.00 bits per heavy atom. The topological polar surface area (TPSA) is 66.4 Å². The van der Waals surface area contributed by atoms with E-state index in [1.54, 1.807) is 0 Å². The predicted molar refractivity (Wildman–Crippen MR) is 56.4 cm³/mol. The maximum absolute atomic E-state index is 11.4. The number of hydrogen-bond acceptors (Lipinski definition) is 2. The Labute approximate surface area is 90.0 Å². The van der Waals surface area contributed by atoms with Crippen LogP contribution >= 0.6 is 0 Å². The van der Waals surface area contributed by atoms with Gasteiger partial charge in [0.05, 0.1) is 5.92 Å². The summed E-state index contributed by atoms with van der Waals surface area (Å²) in [6.45, 7) is 1.94. The van der Waals surface area contributed by atoms with Crippen LogP contribution in [0.15, 0.2) is 0 Å². The molecule has 2 unspecified atom stereocenters. The fourth-order valence-electron chi connectivity index (χ4n) is 2.11. The Hall–Kier alpha value is -1.06. The number of amides is 1. The lowest BCUT2D eigenvalue weighted by molar-refractivity contribution is -0.144. The molecule has 0 heterocycles. The lowest BCUT2D eigenvalue weighted by atomic mass is 9.84. The lowest BCUT2D eigenvalue weighted by Gasteiger charge is -2.29. The molecule has 2 atom stereocenters. The van der Waals surface area contributed by atoms with Gasteiger partial charge < -0.3 is 10.4 Å². The quantitative estimate of drug-likeness (QED) is 0.744. The minimum Gasteiger partial charge on any atom is -0.481 e. The largest absolute Gasteiger partial charge is 0.481 e. The predicted octanol–water partition coefficient (Wildman–Crippen LogP) is 1.55. The van der Waals surface area contributed by atoms with Crippen LogP contribution in [-0.4, -0.2) is 23.0 Å². The zero-order valence-electron chi connectivity index (χ0n) is 9.16. The van der Waals surface area contributed by atoms with Crippen LogP contribution in [-0.2, 0) is 9.59 Å². The van der Waals surface area contributed by atoms with Crippen LogP contribution in [0.4, 0.5) is 0 Å². The summed E-state index contributed by atoms with van der Waals surface area (Å²) in [5, 5.41) is 11.8. The molecule has 1 fully saturated rings. The van der Waals surface area contributed by atoms with Gasteiger partial charge in [0, 0.05) is 12.5 Å². The van der Waals surface area contributed by atoms with Crippen molar-refractivity contribution in [1.29, 1.82) is 0 Å². The van der Waals surface area contributed by atoms with E-state index in [0.717, 1.165) is 25.7 Å². The van der Waals surface area contributed by atoms with E-state index >= 15 is 0 Å². The van der Waals surface area contributed by atoms with Crippen LogP contribution in [0.1, 0.15) is 45.4 Å². The summed E-state index contributed by atoms with van der Waals surface area (Å²) in [6, 6.07) is -0.157. The second kappa shape index (κ2) is 5.73. The molecule has 2 N–H and O–H groups in total. The third kappa shape index (κ3) is 3.53. The van der Waals surface area contributed by atoms with E-state index in [-0.39, 0.29) is 17.9 Å². The van der Waals surface area contributed by atoms with Gasteiger partial charge in [0.1, 0.15) is 0 Å². The molecule has 0 aromatic rings. The molecule has 0 radical (unpaired) electrons. The van der Waals surface area contributed by atoms with Gasteiger partial charge >= 0.3 is 5.97 Å². The smallest absolute Gasteiger partial charge is 0.308 e. The maximum atomic E-state index is 11.4. The molecule has 4 heteroatoms. The van der Waals surface area contributed by atoms with Crippen molar-refractivity contribution in [3.05, 3.63) is 0 Å². The molecule has 0 saturated heterocycles. The summed E-state index contributed by atoms with van der Waals surface area (Å²) in [6.07, 6.45) is 4.75. The normalized spacial score (nSPS) is 25.9. The minimum absolute atomic E-state index is 0.0179. The first-order chi connectivity index (χ1) is 7.15. The van der Waals surface area contributed by atoms with Crippen LogP contribution in [0.2, 0.25) is 0 Å². The molecular formula is C11H19NO3. The molecule has 0 bridgehead atoms. The molecule has 1 amide bonds.